The Labute approximate surface area is 363 Å². The summed E-state index contributed by atoms with van der Waals surface area (Å²) in [5.74, 6) is -0.170. The van der Waals surface area contributed by atoms with E-state index in [1.807, 2.05) is 21.1 Å². The first-order valence-corrected chi connectivity index (χ1v) is 24.9. The number of allylic oxidation sites excluding steroid dienone is 14. The fourth-order valence-electron chi connectivity index (χ4n) is 6.20. The van der Waals surface area contributed by atoms with Crippen molar-refractivity contribution in [1.82, 2.24) is 5.32 Å². The van der Waals surface area contributed by atoms with Crippen molar-refractivity contribution in [2.24, 2.45) is 0 Å². The standard InChI is InChI=1S/C50H89N2O6P/c1-6-8-10-12-14-16-18-19-20-21-22-23-24-25-26-27-28-29-30-31-32-33-34-36-38-40-42-44-50(54)51-48(47-58-59(55,56)57-46-45-52(3,4)5)49(53)43-41-39-37-35-17-15-13-11-9-7-2/h8,10,14,16,19-20,22-23,25-26,28-29,31-32,48-49,53H,6-7,9,11-13,15,17-18,21,24,27,30,33-47H2,1-5H3,(H-,51,54,55,56)/p+1/b10-8-,16-14-,20-19-,23-22-,26-25-,29-28-,32-31-. The quantitative estimate of drug-likeness (QED) is 0.0245. The molecule has 0 spiro atoms. The topological polar surface area (TPSA) is 105 Å². The number of likely N-dealkylation sites (N-methyl/N-ethyl adjacent to an activating group) is 1. The maximum absolute atomic E-state index is 12.9. The van der Waals surface area contributed by atoms with Gasteiger partial charge in [-0.25, -0.2) is 4.57 Å². The lowest BCUT2D eigenvalue weighted by atomic mass is 10.0. The number of quaternary nitrogens is 1. The summed E-state index contributed by atoms with van der Waals surface area (Å²) in [7, 11) is 1.58. The van der Waals surface area contributed by atoms with E-state index in [9.17, 15) is 19.4 Å². The maximum atomic E-state index is 12.9. The second-order valence-electron chi connectivity index (χ2n) is 16.8. The van der Waals surface area contributed by atoms with Gasteiger partial charge in [-0.2, -0.15) is 0 Å². The number of nitrogens with one attached hydrogen (secondary N) is 1. The van der Waals surface area contributed by atoms with Gasteiger partial charge in [-0.15, -0.1) is 0 Å². The highest BCUT2D eigenvalue weighted by molar-refractivity contribution is 7.47. The van der Waals surface area contributed by atoms with Crippen LogP contribution in [0.1, 0.15) is 174 Å². The molecule has 59 heavy (non-hydrogen) atoms. The minimum Gasteiger partial charge on any atom is -0.391 e. The van der Waals surface area contributed by atoms with Crippen LogP contribution >= 0.6 is 7.82 Å². The van der Waals surface area contributed by atoms with E-state index in [0.29, 0.717) is 23.9 Å². The van der Waals surface area contributed by atoms with E-state index in [0.717, 1.165) is 103 Å². The highest BCUT2D eigenvalue weighted by atomic mass is 31.2. The number of aliphatic hydroxyl groups is 1. The summed E-state index contributed by atoms with van der Waals surface area (Å²) in [5.41, 5.74) is 0. The monoisotopic (exact) mass is 846 g/mol. The number of hydrogen-bond acceptors (Lipinski definition) is 5. The number of hydrogen-bond donors (Lipinski definition) is 3. The van der Waals surface area contributed by atoms with E-state index in [1.165, 1.54) is 44.9 Å². The van der Waals surface area contributed by atoms with Crippen molar-refractivity contribution in [2.75, 3.05) is 40.9 Å². The van der Waals surface area contributed by atoms with Gasteiger partial charge in [0.1, 0.15) is 13.2 Å². The number of amides is 1. The van der Waals surface area contributed by atoms with Crippen LogP contribution in [0.25, 0.3) is 0 Å². The van der Waals surface area contributed by atoms with Crippen molar-refractivity contribution in [3.05, 3.63) is 85.1 Å². The highest BCUT2D eigenvalue weighted by Crippen LogP contribution is 2.43. The van der Waals surface area contributed by atoms with Crippen LogP contribution in [0.5, 0.6) is 0 Å². The number of phosphoric ester groups is 1. The molecule has 0 saturated heterocycles. The van der Waals surface area contributed by atoms with Crippen LogP contribution in [0.2, 0.25) is 0 Å². The summed E-state index contributed by atoms with van der Waals surface area (Å²) in [5, 5.41) is 13.9. The molecule has 340 valence electrons. The van der Waals surface area contributed by atoms with Gasteiger partial charge in [0.25, 0.3) is 0 Å². The molecule has 9 heteroatoms. The van der Waals surface area contributed by atoms with E-state index >= 15 is 0 Å². The van der Waals surface area contributed by atoms with Crippen molar-refractivity contribution < 1.29 is 32.9 Å². The van der Waals surface area contributed by atoms with Crippen LogP contribution in [-0.2, 0) is 18.4 Å². The summed E-state index contributed by atoms with van der Waals surface area (Å²) >= 11 is 0. The molecule has 0 aromatic rings. The van der Waals surface area contributed by atoms with Gasteiger partial charge in [0.05, 0.1) is 39.9 Å². The Hall–Kier alpha value is -2.32. The Morgan fingerprint density at radius 1 is 0.593 bits per heavy atom. The molecular formula is C50H90N2O6P+. The van der Waals surface area contributed by atoms with Gasteiger partial charge in [0.2, 0.25) is 5.91 Å². The maximum Gasteiger partial charge on any atom is 0.472 e. The Morgan fingerprint density at radius 2 is 1.02 bits per heavy atom. The lowest BCUT2D eigenvalue weighted by Gasteiger charge is -2.26. The summed E-state index contributed by atoms with van der Waals surface area (Å²) in [6.07, 6.45) is 56.2. The molecule has 0 rings (SSSR count). The molecule has 0 aromatic carbocycles. The average Bonchev–Trinajstić information content (AvgIpc) is 3.19. The molecule has 3 atom stereocenters. The molecule has 0 aliphatic carbocycles. The number of carbonyl (C=O) groups excluding carboxylic acids is 1. The van der Waals surface area contributed by atoms with Crippen LogP contribution in [0.15, 0.2) is 85.1 Å². The Kier molecular flexibility index (Phi) is 39.4. The van der Waals surface area contributed by atoms with E-state index in [-0.39, 0.29) is 19.1 Å². The van der Waals surface area contributed by atoms with E-state index in [1.54, 1.807) is 0 Å². The Balaban J connectivity index is 4.28. The third-order valence-electron chi connectivity index (χ3n) is 9.91. The van der Waals surface area contributed by atoms with Crippen LogP contribution < -0.4 is 5.32 Å². The zero-order valence-corrected chi connectivity index (χ0v) is 39.4. The first-order valence-electron chi connectivity index (χ1n) is 23.5. The normalized spacial score (nSPS) is 15.0. The van der Waals surface area contributed by atoms with Crippen LogP contribution in [0, 0.1) is 0 Å². The fraction of sp³-hybridized carbons (Fsp3) is 0.700. The van der Waals surface area contributed by atoms with Gasteiger partial charge in [0, 0.05) is 6.42 Å². The van der Waals surface area contributed by atoms with Gasteiger partial charge in [-0.1, -0.05) is 182 Å². The van der Waals surface area contributed by atoms with Crippen molar-refractivity contribution >= 4 is 13.7 Å². The van der Waals surface area contributed by atoms with Crippen molar-refractivity contribution in [1.29, 1.82) is 0 Å². The Bertz CT molecular complexity index is 1230. The molecule has 0 aliphatic heterocycles. The Morgan fingerprint density at radius 3 is 1.49 bits per heavy atom. The van der Waals surface area contributed by atoms with Crippen LogP contribution in [0.4, 0.5) is 0 Å². The minimum atomic E-state index is -4.32. The summed E-state index contributed by atoms with van der Waals surface area (Å²) < 4.78 is 23.6. The van der Waals surface area contributed by atoms with Gasteiger partial charge < -0.3 is 19.8 Å². The lowest BCUT2D eigenvalue weighted by molar-refractivity contribution is -0.870. The SMILES string of the molecule is CC/C=C\C/C=C\C/C=C\C/C=C\C/C=C\C/C=C\C/C=C\CCCCCCCC(=O)NC(COP(=O)(O)OCC[N+](C)(C)C)C(O)CCCCCCCCCCCC. The smallest absolute Gasteiger partial charge is 0.391 e. The van der Waals surface area contributed by atoms with E-state index in [2.05, 4.69) is 104 Å². The number of nitrogens with zero attached hydrogens (tertiary/aromatic N) is 1. The average molecular weight is 846 g/mol. The van der Waals surface area contributed by atoms with E-state index in [4.69, 9.17) is 9.05 Å². The predicted octanol–water partition coefficient (Wildman–Crippen LogP) is 13.4. The van der Waals surface area contributed by atoms with Crippen LogP contribution in [-0.4, -0.2) is 73.4 Å². The second kappa shape index (κ2) is 41.1. The van der Waals surface area contributed by atoms with Crippen molar-refractivity contribution in [3.63, 3.8) is 0 Å². The molecule has 0 heterocycles. The molecule has 1 amide bonds. The molecule has 3 N–H and O–H groups in total. The minimum absolute atomic E-state index is 0.0655. The number of rotatable bonds is 41. The molecular weight excluding hydrogens is 756 g/mol. The predicted molar refractivity (Wildman–Crippen MR) is 253 cm³/mol. The first-order chi connectivity index (χ1) is 28.5. The van der Waals surface area contributed by atoms with Gasteiger partial charge in [-0.05, 0) is 70.6 Å². The number of phosphoric acid groups is 1. The number of unbranched alkanes of at least 4 members (excludes halogenated alkanes) is 14. The first kappa shape index (κ1) is 56.7. The zero-order chi connectivity index (χ0) is 43.6. The highest BCUT2D eigenvalue weighted by Gasteiger charge is 2.28. The molecule has 0 saturated carbocycles. The fourth-order valence-corrected chi connectivity index (χ4v) is 6.94. The van der Waals surface area contributed by atoms with Crippen molar-refractivity contribution in [2.45, 2.75) is 187 Å². The van der Waals surface area contributed by atoms with Crippen molar-refractivity contribution in [3.8, 4) is 0 Å². The van der Waals surface area contributed by atoms with E-state index < -0.39 is 20.0 Å². The van der Waals surface area contributed by atoms with Gasteiger partial charge in [-0.3, -0.25) is 13.8 Å². The molecule has 8 nitrogen and oxygen atoms in total. The molecule has 0 aliphatic rings. The molecule has 0 bridgehead atoms. The summed E-state index contributed by atoms with van der Waals surface area (Å²) in [4.78, 5) is 23.1. The zero-order valence-electron chi connectivity index (χ0n) is 38.5. The number of carbonyl (C=O) groups is 1. The molecule has 0 aromatic heterocycles. The summed E-state index contributed by atoms with van der Waals surface area (Å²) in [6, 6.07) is -0.775. The van der Waals surface area contributed by atoms with Gasteiger partial charge in [0.15, 0.2) is 0 Å². The lowest BCUT2D eigenvalue weighted by Crippen LogP contribution is -2.46. The second-order valence-corrected chi connectivity index (χ2v) is 18.2. The third kappa shape index (κ3) is 43.6. The molecule has 0 radical (unpaired) electrons. The largest absolute Gasteiger partial charge is 0.472 e. The summed E-state index contributed by atoms with van der Waals surface area (Å²) in [6.45, 7) is 4.72. The van der Waals surface area contributed by atoms with Crippen LogP contribution in [0.3, 0.4) is 0 Å². The third-order valence-corrected chi connectivity index (χ3v) is 10.9. The molecule has 3 unspecified atom stereocenters. The molecule has 0 fully saturated rings. The van der Waals surface area contributed by atoms with Gasteiger partial charge >= 0.3 is 7.82 Å². The number of aliphatic hydroxyl groups excluding tert-OH is 1.